The molecular formula is C15H20N4O2. The monoisotopic (exact) mass is 288 g/mol. The molecule has 1 aromatic heterocycles. The predicted octanol–water partition coefficient (Wildman–Crippen LogP) is 2.70. The number of nitrogen functional groups attached to an aromatic ring is 1. The van der Waals surface area contributed by atoms with E-state index < -0.39 is 0 Å². The zero-order valence-electron chi connectivity index (χ0n) is 12.5. The molecule has 0 aliphatic heterocycles. The van der Waals surface area contributed by atoms with Gasteiger partial charge in [-0.3, -0.25) is 0 Å². The molecule has 0 aliphatic carbocycles. The SMILES string of the molecule is CCCOc1nc(N)nc(-c2ccc(OC(C)C)cc2)n1. The molecule has 21 heavy (non-hydrogen) atoms. The van der Waals surface area contributed by atoms with E-state index in [-0.39, 0.29) is 18.1 Å². The molecule has 2 aromatic rings. The van der Waals surface area contributed by atoms with E-state index in [4.69, 9.17) is 15.2 Å². The van der Waals surface area contributed by atoms with Crippen LogP contribution in [0.5, 0.6) is 11.8 Å². The van der Waals surface area contributed by atoms with Gasteiger partial charge < -0.3 is 15.2 Å². The van der Waals surface area contributed by atoms with E-state index in [2.05, 4.69) is 15.0 Å². The third-order valence-electron chi connectivity index (χ3n) is 2.55. The van der Waals surface area contributed by atoms with Crippen molar-refractivity contribution < 1.29 is 9.47 Å². The Morgan fingerprint density at radius 1 is 1.10 bits per heavy atom. The number of ether oxygens (including phenoxy) is 2. The normalized spacial score (nSPS) is 10.7. The molecule has 0 saturated carbocycles. The van der Waals surface area contributed by atoms with Gasteiger partial charge in [0.05, 0.1) is 12.7 Å². The van der Waals surface area contributed by atoms with Crippen LogP contribution in [0.3, 0.4) is 0 Å². The van der Waals surface area contributed by atoms with Crippen molar-refractivity contribution in [2.75, 3.05) is 12.3 Å². The van der Waals surface area contributed by atoms with Crippen LogP contribution in [-0.2, 0) is 0 Å². The van der Waals surface area contributed by atoms with Gasteiger partial charge in [-0.1, -0.05) is 6.92 Å². The highest BCUT2D eigenvalue weighted by atomic mass is 16.5. The first-order valence-electron chi connectivity index (χ1n) is 7.00. The Bertz CT molecular complexity index is 585. The number of rotatable bonds is 6. The molecule has 112 valence electrons. The van der Waals surface area contributed by atoms with Gasteiger partial charge in [0, 0.05) is 5.56 Å². The first-order chi connectivity index (χ1) is 10.1. The summed E-state index contributed by atoms with van der Waals surface area (Å²) in [4.78, 5) is 12.4. The molecule has 2 rings (SSSR count). The summed E-state index contributed by atoms with van der Waals surface area (Å²) in [6.45, 7) is 6.53. The Balaban J connectivity index is 2.22. The van der Waals surface area contributed by atoms with E-state index in [0.29, 0.717) is 12.4 Å². The number of benzene rings is 1. The van der Waals surface area contributed by atoms with Crippen molar-refractivity contribution in [3.8, 4) is 23.1 Å². The Kier molecular flexibility index (Phi) is 4.92. The van der Waals surface area contributed by atoms with Crippen molar-refractivity contribution in [3.63, 3.8) is 0 Å². The summed E-state index contributed by atoms with van der Waals surface area (Å²) in [5, 5.41) is 0. The van der Waals surface area contributed by atoms with Crippen LogP contribution in [0.1, 0.15) is 27.2 Å². The van der Waals surface area contributed by atoms with E-state index in [1.807, 2.05) is 45.0 Å². The zero-order valence-corrected chi connectivity index (χ0v) is 12.5. The number of nitrogens with two attached hydrogens (primary N) is 1. The van der Waals surface area contributed by atoms with Crippen molar-refractivity contribution in [2.24, 2.45) is 0 Å². The van der Waals surface area contributed by atoms with Gasteiger partial charge in [0.15, 0.2) is 5.82 Å². The lowest BCUT2D eigenvalue weighted by atomic mass is 10.2. The quantitative estimate of drug-likeness (QED) is 0.880. The molecule has 1 heterocycles. The standard InChI is InChI=1S/C15H20N4O2/c1-4-9-20-15-18-13(17-14(16)19-15)11-5-7-12(8-6-11)21-10(2)3/h5-8,10H,4,9H2,1-3H3,(H2,16,17,18,19). The fourth-order valence-electron chi connectivity index (χ4n) is 1.71. The minimum absolute atomic E-state index is 0.137. The molecule has 1 aromatic carbocycles. The van der Waals surface area contributed by atoms with Gasteiger partial charge in [0.2, 0.25) is 5.95 Å². The molecule has 0 aliphatic rings. The summed E-state index contributed by atoms with van der Waals surface area (Å²) in [5.41, 5.74) is 6.53. The molecule has 0 atom stereocenters. The van der Waals surface area contributed by atoms with Crippen molar-refractivity contribution in [1.29, 1.82) is 0 Å². The molecule has 0 spiro atoms. The second-order valence-corrected chi connectivity index (χ2v) is 4.84. The fraction of sp³-hybridized carbons (Fsp3) is 0.400. The Labute approximate surface area is 124 Å². The van der Waals surface area contributed by atoms with E-state index in [1.165, 1.54) is 0 Å². The largest absolute Gasteiger partial charge is 0.491 e. The minimum atomic E-state index is 0.137. The van der Waals surface area contributed by atoms with Crippen LogP contribution in [0, 0.1) is 0 Å². The van der Waals surface area contributed by atoms with Gasteiger partial charge in [-0.2, -0.15) is 15.0 Å². The van der Waals surface area contributed by atoms with Crippen LogP contribution in [0.15, 0.2) is 24.3 Å². The topological polar surface area (TPSA) is 83.2 Å². The van der Waals surface area contributed by atoms with Crippen molar-refractivity contribution in [2.45, 2.75) is 33.3 Å². The molecule has 0 radical (unpaired) electrons. The lowest BCUT2D eigenvalue weighted by Crippen LogP contribution is -2.06. The van der Waals surface area contributed by atoms with Crippen molar-refractivity contribution in [1.82, 2.24) is 15.0 Å². The lowest BCUT2D eigenvalue weighted by molar-refractivity contribution is 0.242. The van der Waals surface area contributed by atoms with Gasteiger partial charge in [-0.05, 0) is 44.5 Å². The molecular weight excluding hydrogens is 268 g/mol. The van der Waals surface area contributed by atoms with Crippen LogP contribution in [0.2, 0.25) is 0 Å². The molecule has 0 fully saturated rings. The molecule has 2 N–H and O–H groups in total. The summed E-state index contributed by atoms with van der Waals surface area (Å²) >= 11 is 0. The summed E-state index contributed by atoms with van der Waals surface area (Å²) in [6, 6.07) is 7.78. The maximum atomic E-state index is 5.70. The maximum absolute atomic E-state index is 5.70. The summed E-state index contributed by atoms with van der Waals surface area (Å²) < 4.78 is 11.0. The smallest absolute Gasteiger partial charge is 0.321 e. The maximum Gasteiger partial charge on any atom is 0.321 e. The highest BCUT2D eigenvalue weighted by Gasteiger charge is 2.08. The second kappa shape index (κ2) is 6.88. The van der Waals surface area contributed by atoms with Crippen LogP contribution in [0.25, 0.3) is 11.4 Å². The van der Waals surface area contributed by atoms with E-state index >= 15 is 0 Å². The number of hydrogen-bond donors (Lipinski definition) is 1. The van der Waals surface area contributed by atoms with Crippen molar-refractivity contribution in [3.05, 3.63) is 24.3 Å². The fourth-order valence-corrected chi connectivity index (χ4v) is 1.71. The van der Waals surface area contributed by atoms with Gasteiger partial charge >= 0.3 is 6.01 Å². The summed E-state index contributed by atoms with van der Waals surface area (Å²) in [6.07, 6.45) is 1.01. The van der Waals surface area contributed by atoms with E-state index in [1.54, 1.807) is 0 Å². The molecule has 0 unspecified atom stereocenters. The van der Waals surface area contributed by atoms with Gasteiger partial charge in [0.25, 0.3) is 0 Å². The summed E-state index contributed by atoms with van der Waals surface area (Å²) in [5.74, 6) is 1.44. The van der Waals surface area contributed by atoms with E-state index in [0.717, 1.165) is 17.7 Å². The summed E-state index contributed by atoms with van der Waals surface area (Å²) in [7, 11) is 0. The number of anilines is 1. The Morgan fingerprint density at radius 3 is 2.43 bits per heavy atom. The third kappa shape index (κ3) is 4.30. The first kappa shape index (κ1) is 15.0. The molecule has 6 nitrogen and oxygen atoms in total. The van der Waals surface area contributed by atoms with Gasteiger partial charge in [-0.25, -0.2) is 0 Å². The number of hydrogen-bond acceptors (Lipinski definition) is 6. The van der Waals surface area contributed by atoms with Crippen LogP contribution >= 0.6 is 0 Å². The van der Waals surface area contributed by atoms with Gasteiger partial charge in [0.1, 0.15) is 5.75 Å². The zero-order chi connectivity index (χ0) is 15.2. The van der Waals surface area contributed by atoms with E-state index in [9.17, 15) is 0 Å². The third-order valence-corrected chi connectivity index (χ3v) is 2.55. The molecule has 0 amide bonds. The minimum Gasteiger partial charge on any atom is -0.491 e. The average Bonchev–Trinajstić information content (AvgIpc) is 2.44. The first-order valence-corrected chi connectivity index (χ1v) is 7.00. The molecule has 0 bridgehead atoms. The van der Waals surface area contributed by atoms with Crippen molar-refractivity contribution >= 4 is 5.95 Å². The Hall–Kier alpha value is -2.37. The highest BCUT2D eigenvalue weighted by Crippen LogP contribution is 2.21. The lowest BCUT2D eigenvalue weighted by Gasteiger charge is -2.10. The molecule has 6 heteroatoms. The highest BCUT2D eigenvalue weighted by molar-refractivity contribution is 5.57. The average molecular weight is 288 g/mol. The molecule has 0 saturated heterocycles. The van der Waals surface area contributed by atoms with Crippen LogP contribution in [0.4, 0.5) is 5.95 Å². The number of aromatic nitrogens is 3. The van der Waals surface area contributed by atoms with Crippen LogP contribution in [-0.4, -0.2) is 27.7 Å². The predicted molar refractivity (Wildman–Crippen MR) is 81.2 cm³/mol. The van der Waals surface area contributed by atoms with Gasteiger partial charge in [-0.15, -0.1) is 0 Å². The number of nitrogens with zero attached hydrogens (tertiary/aromatic N) is 3. The Morgan fingerprint density at radius 2 is 1.81 bits per heavy atom. The second-order valence-electron chi connectivity index (χ2n) is 4.84. The van der Waals surface area contributed by atoms with Crippen LogP contribution < -0.4 is 15.2 Å².